The van der Waals surface area contributed by atoms with Gasteiger partial charge in [0.15, 0.2) is 11.6 Å². The third-order valence-electron chi connectivity index (χ3n) is 7.16. The Labute approximate surface area is 260 Å². The second kappa shape index (κ2) is 16.4. The number of hydrogen-bond donors (Lipinski definition) is 5. The molecule has 0 bridgehead atoms. The van der Waals surface area contributed by atoms with Gasteiger partial charge in [-0.05, 0) is 25.0 Å². The molecule has 0 unspecified atom stereocenters. The first-order valence-electron chi connectivity index (χ1n) is 14.6. The van der Waals surface area contributed by atoms with Crippen molar-refractivity contribution in [3.05, 3.63) is 58.7 Å². The summed E-state index contributed by atoms with van der Waals surface area (Å²) < 4.78 is 75.2. The number of aliphatic hydroxyl groups is 1. The molecule has 1 aliphatic carbocycles. The number of anilines is 2. The first kappa shape index (κ1) is 36.3. The average molecular weight is 660 g/mol. The summed E-state index contributed by atoms with van der Waals surface area (Å²) in [5.74, 6) is -5.11. The maximum Gasteiger partial charge on any atom is 0.471 e. The van der Waals surface area contributed by atoms with E-state index in [9.17, 15) is 45.5 Å². The van der Waals surface area contributed by atoms with Crippen LogP contribution in [0.1, 0.15) is 57.5 Å². The van der Waals surface area contributed by atoms with Gasteiger partial charge in [-0.2, -0.15) is 26.3 Å². The molecule has 2 aromatic rings. The number of nitrogens with one attached hydrogen (secondary N) is 4. The van der Waals surface area contributed by atoms with E-state index in [4.69, 9.17) is 5.11 Å². The van der Waals surface area contributed by atoms with E-state index in [1.54, 1.807) is 41.0 Å². The second-order valence-electron chi connectivity index (χ2n) is 10.5. The molecule has 0 fully saturated rings. The summed E-state index contributed by atoms with van der Waals surface area (Å²) in [6.45, 7) is -0.582. The number of amides is 2. The molecule has 1 aliphatic rings. The topological polar surface area (TPSA) is 140 Å². The van der Waals surface area contributed by atoms with Gasteiger partial charge in [-0.15, -0.1) is 0 Å². The lowest BCUT2D eigenvalue weighted by Crippen LogP contribution is -2.45. The van der Waals surface area contributed by atoms with Crippen molar-refractivity contribution in [3.8, 4) is 0 Å². The number of ketones is 2. The number of alkyl halides is 6. The molecule has 3 rings (SSSR count). The minimum absolute atomic E-state index is 0.0263. The molecule has 2 amide bonds. The Morgan fingerprint density at radius 2 is 1.07 bits per heavy atom. The van der Waals surface area contributed by atoms with Crippen LogP contribution < -0.4 is 21.3 Å². The lowest BCUT2D eigenvalue weighted by atomic mass is 9.82. The van der Waals surface area contributed by atoms with Crippen LogP contribution in [0.3, 0.4) is 0 Å². The Bertz CT molecular complexity index is 1370. The Hall–Kier alpha value is -4.18. The van der Waals surface area contributed by atoms with Gasteiger partial charge in [-0.1, -0.05) is 37.1 Å². The van der Waals surface area contributed by atoms with E-state index in [0.717, 1.165) is 19.3 Å². The second-order valence-corrected chi connectivity index (χ2v) is 10.5. The average Bonchev–Trinajstić information content (AvgIpc) is 3.00. The molecule has 0 heterocycles. The van der Waals surface area contributed by atoms with E-state index in [0.29, 0.717) is 24.3 Å². The van der Waals surface area contributed by atoms with Crippen molar-refractivity contribution in [2.75, 3.05) is 63.1 Å². The summed E-state index contributed by atoms with van der Waals surface area (Å²) in [4.78, 5) is 50.9. The highest BCUT2D eigenvalue weighted by Crippen LogP contribution is 2.35. The first-order valence-corrected chi connectivity index (χ1v) is 14.6. The van der Waals surface area contributed by atoms with Gasteiger partial charge < -0.3 is 26.4 Å². The van der Waals surface area contributed by atoms with E-state index in [1.807, 2.05) is 0 Å². The van der Waals surface area contributed by atoms with E-state index < -0.39 is 43.0 Å². The summed E-state index contributed by atoms with van der Waals surface area (Å²) in [6, 6.07) is 9.59. The normalized spacial score (nSPS) is 12.9. The lowest BCUT2D eigenvalue weighted by molar-refractivity contribution is -0.173. The van der Waals surface area contributed by atoms with Crippen molar-refractivity contribution in [1.82, 2.24) is 15.5 Å². The molecule has 10 nitrogen and oxygen atoms in total. The molecule has 46 heavy (non-hydrogen) atoms. The van der Waals surface area contributed by atoms with Gasteiger partial charge in [0.2, 0.25) is 0 Å². The van der Waals surface area contributed by atoms with Crippen molar-refractivity contribution in [2.24, 2.45) is 0 Å². The maximum absolute atomic E-state index is 13.6. The number of fused-ring (bicyclic) bond motifs is 2. The number of benzene rings is 2. The highest BCUT2D eigenvalue weighted by atomic mass is 19.4. The number of aliphatic hydroxyl groups excluding tert-OH is 1. The Balaban J connectivity index is 1.68. The van der Waals surface area contributed by atoms with Crippen molar-refractivity contribution in [2.45, 2.75) is 38.0 Å². The standard InChI is InChI=1S/C30H35F6N5O5/c31-29(32,33)27(45)39-13-16-41(17-14-40-28(46)30(34,35)36)15-12-38-22-10-6-8-20-24(22)26(44)19-7-5-9-21(23(19)25(20)43)37-11-3-1-2-4-18-42/h5-10,37-38,42H,1-4,11-18H2,(H,39,45)(H,40,46). The third-order valence-corrected chi connectivity index (χ3v) is 7.16. The molecule has 0 saturated carbocycles. The third kappa shape index (κ3) is 9.91. The van der Waals surface area contributed by atoms with E-state index in [1.165, 1.54) is 11.0 Å². The van der Waals surface area contributed by atoms with E-state index >= 15 is 0 Å². The smallest absolute Gasteiger partial charge is 0.396 e. The van der Waals surface area contributed by atoms with Crippen LogP contribution in [0.25, 0.3) is 0 Å². The largest absolute Gasteiger partial charge is 0.471 e. The number of halogens is 6. The Kier molecular flexibility index (Phi) is 12.9. The molecule has 0 aliphatic heterocycles. The fourth-order valence-corrected chi connectivity index (χ4v) is 4.89. The van der Waals surface area contributed by atoms with Crippen molar-refractivity contribution in [3.63, 3.8) is 0 Å². The molecule has 16 heteroatoms. The molecule has 252 valence electrons. The fourth-order valence-electron chi connectivity index (χ4n) is 4.89. The van der Waals surface area contributed by atoms with Crippen molar-refractivity contribution < 1.29 is 50.6 Å². The monoisotopic (exact) mass is 659 g/mol. The molecule has 2 aromatic carbocycles. The van der Waals surface area contributed by atoms with Gasteiger partial charge >= 0.3 is 24.2 Å². The lowest BCUT2D eigenvalue weighted by Gasteiger charge is -2.25. The van der Waals surface area contributed by atoms with Crippen LogP contribution in [0, 0.1) is 0 Å². The zero-order valence-corrected chi connectivity index (χ0v) is 24.7. The van der Waals surface area contributed by atoms with Gasteiger partial charge in [0, 0.05) is 74.9 Å². The highest BCUT2D eigenvalue weighted by Gasteiger charge is 2.39. The van der Waals surface area contributed by atoms with Gasteiger partial charge in [0.05, 0.1) is 11.1 Å². The summed E-state index contributed by atoms with van der Waals surface area (Å²) in [7, 11) is 0. The molecular weight excluding hydrogens is 624 g/mol. The molecule has 0 aromatic heterocycles. The van der Waals surface area contributed by atoms with Crippen LogP contribution in [-0.2, 0) is 9.59 Å². The molecule has 0 atom stereocenters. The van der Waals surface area contributed by atoms with Crippen molar-refractivity contribution >= 4 is 34.8 Å². The van der Waals surface area contributed by atoms with E-state index in [2.05, 4.69) is 10.6 Å². The zero-order valence-electron chi connectivity index (χ0n) is 24.7. The van der Waals surface area contributed by atoms with Crippen LogP contribution in [0.5, 0.6) is 0 Å². The molecular formula is C30H35F6N5O5. The zero-order chi connectivity index (χ0) is 33.9. The summed E-state index contributed by atoms with van der Waals surface area (Å²) in [6.07, 6.45) is -6.96. The van der Waals surface area contributed by atoms with Gasteiger partial charge in [0.25, 0.3) is 0 Å². The molecule has 5 N–H and O–H groups in total. The minimum Gasteiger partial charge on any atom is -0.396 e. The molecule has 0 spiro atoms. The van der Waals surface area contributed by atoms with Crippen molar-refractivity contribution in [1.29, 1.82) is 0 Å². The highest BCUT2D eigenvalue weighted by molar-refractivity contribution is 6.31. The number of rotatable bonds is 17. The number of unbranched alkanes of at least 4 members (excludes halogenated alkanes) is 3. The molecule has 0 radical (unpaired) electrons. The predicted octanol–water partition coefficient (Wildman–Crippen LogP) is 3.50. The number of nitrogens with zero attached hydrogens (tertiary/aromatic N) is 1. The Morgan fingerprint density at radius 1 is 0.630 bits per heavy atom. The van der Waals surface area contributed by atoms with Crippen LogP contribution >= 0.6 is 0 Å². The SMILES string of the molecule is O=C1c2cccc(NCCN(CCNC(=O)C(F)(F)F)CCNC(=O)C(F)(F)F)c2C(=O)c2cccc(NCCCCCCO)c21. The van der Waals surface area contributed by atoms with Crippen LogP contribution in [0.4, 0.5) is 37.7 Å². The number of carbonyl (C=O) groups excluding carboxylic acids is 4. The summed E-state index contributed by atoms with van der Waals surface area (Å²) in [5.41, 5.74) is 1.58. The number of carbonyl (C=O) groups is 4. The quantitative estimate of drug-likeness (QED) is 0.110. The molecule has 0 saturated heterocycles. The first-order chi connectivity index (χ1) is 21.8. The van der Waals surface area contributed by atoms with Crippen LogP contribution in [0.15, 0.2) is 36.4 Å². The fraction of sp³-hybridized carbons (Fsp3) is 0.467. The predicted molar refractivity (Wildman–Crippen MR) is 157 cm³/mol. The van der Waals surface area contributed by atoms with Gasteiger partial charge in [0.1, 0.15) is 0 Å². The number of hydrogen-bond acceptors (Lipinski definition) is 8. The maximum atomic E-state index is 13.6. The van der Waals surface area contributed by atoms with Gasteiger partial charge in [-0.3, -0.25) is 24.1 Å². The van der Waals surface area contributed by atoms with Crippen LogP contribution in [-0.4, -0.2) is 98.2 Å². The minimum atomic E-state index is -5.11. The summed E-state index contributed by atoms with van der Waals surface area (Å²) >= 11 is 0. The van der Waals surface area contributed by atoms with E-state index in [-0.39, 0.29) is 60.8 Å². The van der Waals surface area contributed by atoms with Gasteiger partial charge in [-0.25, -0.2) is 0 Å². The van der Waals surface area contributed by atoms with Crippen LogP contribution in [0.2, 0.25) is 0 Å². The Morgan fingerprint density at radius 3 is 1.52 bits per heavy atom. The summed E-state index contributed by atoms with van der Waals surface area (Å²) in [5, 5.41) is 18.5.